The maximum atomic E-state index is 13.3. The first-order chi connectivity index (χ1) is 14.9. The molecule has 2 N–H and O–H groups in total. The van der Waals surface area contributed by atoms with Crippen LogP contribution in [0.3, 0.4) is 0 Å². The number of hydrogen-bond donors (Lipinski definition) is 2. The summed E-state index contributed by atoms with van der Waals surface area (Å²) in [4.78, 5) is 38.8. The minimum absolute atomic E-state index is 0.0414. The Labute approximate surface area is 191 Å². The van der Waals surface area contributed by atoms with Crippen molar-refractivity contribution >= 4 is 17.7 Å². The first-order valence-corrected chi connectivity index (χ1v) is 11.7. The molecule has 1 heterocycles. The minimum atomic E-state index is -1.01. The highest BCUT2D eigenvalue weighted by Gasteiger charge is 2.58. The molecule has 0 aromatic rings. The van der Waals surface area contributed by atoms with E-state index in [0.29, 0.717) is 5.92 Å². The molecule has 1 saturated carbocycles. The van der Waals surface area contributed by atoms with Crippen LogP contribution in [0.2, 0.25) is 0 Å². The molecule has 2 aliphatic carbocycles. The lowest BCUT2D eigenvalue weighted by Gasteiger charge is -2.57. The van der Waals surface area contributed by atoms with Crippen molar-refractivity contribution in [3.05, 3.63) is 35.1 Å². The number of carbonyl (C=O) groups is 3. The third kappa shape index (κ3) is 3.71. The Balaban J connectivity index is 2.16. The maximum Gasteiger partial charge on any atom is 0.303 e. The van der Waals surface area contributed by atoms with Crippen LogP contribution in [-0.4, -0.2) is 45.9 Å². The Hall–Kier alpha value is -2.37. The number of aliphatic hydroxyl groups is 1. The summed E-state index contributed by atoms with van der Waals surface area (Å²) in [7, 11) is 1.51. The lowest BCUT2D eigenvalue weighted by atomic mass is 9.47. The van der Waals surface area contributed by atoms with Crippen LogP contribution in [0.5, 0.6) is 0 Å². The molecular weight excluding hydrogens is 406 g/mol. The number of aliphatic carboxylic acids is 1. The zero-order valence-electron chi connectivity index (χ0n) is 20.1. The summed E-state index contributed by atoms with van der Waals surface area (Å²) in [6.07, 6.45) is 9.15. The van der Waals surface area contributed by atoms with E-state index in [1.807, 2.05) is 19.9 Å². The Morgan fingerprint density at radius 3 is 2.50 bits per heavy atom. The van der Waals surface area contributed by atoms with Crippen LogP contribution in [0.1, 0.15) is 66.7 Å². The van der Waals surface area contributed by atoms with Gasteiger partial charge in [-0.3, -0.25) is 14.4 Å². The number of aliphatic hydroxyl groups excluding tert-OH is 1. The van der Waals surface area contributed by atoms with Gasteiger partial charge in [0, 0.05) is 24.8 Å². The Bertz CT molecular complexity index is 915. The molecule has 1 amide bonds. The van der Waals surface area contributed by atoms with Crippen molar-refractivity contribution in [2.75, 3.05) is 7.05 Å². The summed E-state index contributed by atoms with van der Waals surface area (Å²) in [5.74, 6) is -1.60. The summed E-state index contributed by atoms with van der Waals surface area (Å²) < 4.78 is 0. The molecule has 1 aliphatic heterocycles. The number of likely N-dealkylation sites (tertiary alicyclic amines) is 1. The van der Waals surface area contributed by atoms with Crippen molar-refractivity contribution in [3.63, 3.8) is 0 Å². The van der Waals surface area contributed by atoms with Crippen LogP contribution >= 0.6 is 0 Å². The third-order valence-electron chi connectivity index (χ3n) is 8.26. The molecule has 0 aromatic carbocycles. The van der Waals surface area contributed by atoms with Gasteiger partial charge in [-0.2, -0.15) is 0 Å². The molecule has 2 fully saturated rings. The van der Waals surface area contributed by atoms with Gasteiger partial charge in [0.1, 0.15) is 11.3 Å². The number of carboxylic acid groups (broad SMARTS) is 1. The highest BCUT2D eigenvalue weighted by atomic mass is 16.4. The van der Waals surface area contributed by atoms with Gasteiger partial charge in [0.25, 0.3) is 5.91 Å². The molecule has 0 bridgehead atoms. The Morgan fingerprint density at radius 2 is 1.91 bits per heavy atom. The first-order valence-electron chi connectivity index (χ1n) is 11.7. The van der Waals surface area contributed by atoms with Crippen molar-refractivity contribution in [2.24, 2.45) is 28.6 Å². The van der Waals surface area contributed by atoms with Crippen LogP contribution in [0.25, 0.3) is 0 Å². The second-order valence-corrected chi connectivity index (χ2v) is 10.6. The number of likely N-dealkylation sites (N-methyl/N-ethyl adjacent to an activating group) is 1. The number of carbonyl (C=O) groups excluding carboxylic acids is 2. The van der Waals surface area contributed by atoms with Crippen molar-refractivity contribution in [2.45, 2.75) is 72.8 Å². The molecule has 6 atom stereocenters. The predicted molar refractivity (Wildman–Crippen MR) is 123 cm³/mol. The number of hydrogen-bond acceptors (Lipinski definition) is 4. The number of rotatable bonds is 5. The average Bonchev–Trinajstić information content (AvgIpc) is 2.90. The SMILES string of the molecule is C/C=C/[C@H]1C(C)=C[C@@]2(C)C[C@H](C)CC[C@H]2[C@]1(C)C(O)=C1C(=O)C(CCC(=O)O)N(C)C1=O. The number of carboxylic acids is 1. The molecule has 3 rings (SSSR count). The zero-order valence-corrected chi connectivity index (χ0v) is 20.1. The summed E-state index contributed by atoms with van der Waals surface area (Å²) in [6.45, 7) is 10.5. The van der Waals surface area contributed by atoms with Crippen LogP contribution in [0.4, 0.5) is 0 Å². The molecule has 176 valence electrons. The molecule has 32 heavy (non-hydrogen) atoms. The zero-order chi connectivity index (χ0) is 24.0. The molecule has 0 spiro atoms. The van der Waals surface area contributed by atoms with E-state index in [-0.39, 0.29) is 41.4 Å². The van der Waals surface area contributed by atoms with Crippen molar-refractivity contribution in [1.82, 2.24) is 4.90 Å². The van der Waals surface area contributed by atoms with E-state index in [1.165, 1.54) is 11.9 Å². The van der Waals surface area contributed by atoms with Crippen LogP contribution in [0, 0.1) is 28.6 Å². The summed E-state index contributed by atoms with van der Waals surface area (Å²) in [5.41, 5.74) is 0.0427. The summed E-state index contributed by atoms with van der Waals surface area (Å²) in [5, 5.41) is 20.8. The smallest absolute Gasteiger partial charge is 0.303 e. The van der Waals surface area contributed by atoms with E-state index in [9.17, 15) is 19.5 Å². The number of ketones is 1. The van der Waals surface area contributed by atoms with Crippen LogP contribution in [0.15, 0.2) is 35.1 Å². The number of Topliss-reactive ketones (excluding diaryl/α,β-unsaturated/α-hetero) is 1. The van der Waals surface area contributed by atoms with Gasteiger partial charge in [-0.15, -0.1) is 0 Å². The van der Waals surface area contributed by atoms with Gasteiger partial charge < -0.3 is 15.1 Å². The third-order valence-corrected chi connectivity index (χ3v) is 8.26. The van der Waals surface area contributed by atoms with Gasteiger partial charge >= 0.3 is 5.97 Å². The fraction of sp³-hybridized carbons (Fsp3) is 0.654. The molecule has 0 aromatic heterocycles. The predicted octanol–water partition coefficient (Wildman–Crippen LogP) is 4.67. The summed E-state index contributed by atoms with van der Waals surface area (Å²) >= 11 is 0. The van der Waals surface area contributed by atoms with Gasteiger partial charge in [0.05, 0.1) is 6.04 Å². The fourth-order valence-electron chi connectivity index (χ4n) is 6.91. The number of allylic oxidation sites excluding steroid dienone is 5. The minimum Gasteiger partial charge on any atom is -0.511 e. The van der Waals surface area contributed by atoms with Crippen molar-refractivity contribution < 1.29 is 24.6 Å². The van der Waals surface area contributed by atoms with E-state index >= 15 is 0 Å². The second-order valence-electron chi connectivity index (χ2n) is 10.6. The largest absolute Gasteiger partial charge is 0.511 e. The van der Waals surface area contributed by atoms with E-state index < -0.39 is 29.1 Å². The first kappa shape index (κ1) is 24.3. The molecule has 1 saturated heterocycles. The normalized spacial score (nSPS) is 39.3. The lowest BCUT2D eigenvalue weighted by Crippen LogP contribution is -2.51. The topological polar surface area (TPSA) is 94.9 Å². The van der Waals surface area contributed by atoms with Crippen molar-refractivity contribution in [3.8, 4) is 0 Å². The van der Waals surface area contributed by atoms with E-state index in [4.69, 9.17) is 5.11 Å². The number of fused-ring (bicyclic) bond motifs is 1. The number of amides is 1. The van der Waals surface area contributed by atoms with E-state index in [2.05, 4.69) is 32.9 Å². The molecule has 0 radical (unpaired) electrons. The highest BCUT2D eigenvalue weighted by Crippen LogP contribution is 2.62. The van der Waals surface area contributed by atoms with Crippen LogP contribution < -0.4 is 0 Å². The standard InChI is InChI=1S/C26H37NO5/c1-7-8-17-16(3)14-25(4)13-15(2)9-11-19(25)26(17,5)23(31)21-22(30)18(10-12-20(28)29)27(6)24(21)32/h7-8,14-15,17-19,31H,9-13H2,1-6H3,(H,28,29)/b8-7+,23-21?/t15-,17+,18?,19-,25-,26-/m1/s1. The van der Waals surface area contributed by atoms with Gasteiger partial charge in [-0.05, 0) is 50.4 Å². The molecule has 1 unspecified atom stereocenters. The van der Waals surface area contributed by atoms with Gasteiger partial charge in [-0.25, -0.2) is 0 Å². The van der Waals surface area contributed by atoms with E-state index in [1.54, 1.807) is 0 Å². The maximum absolute atomic E-state index is 13.3. The lowest BCUT2D eigenvalue weighted by molar-refractivity contribution is -0.138. The average molecular weight is 444 g/mol. The quantitative estimate of drug-likeness (QED) is 0.279. The van der Waals surface area contributed by atoms with Gasteiger partial charge in [0.15, 0.2) is 5.78 Å². The van der Waals surface area contributed by atoms with Gasteiger partial charge in [-0.1, -0.05) is 51.0 Å². The van der Waals surface area contributed by atoms with Crippen molar-refractivity contribution in [1.29, 1.82) is 0 Å². The molecular formula is C26H37NO5. The molecule has 3 aliphatic rings. The molecule has 6 heteroatoms. The monoisotopic (exact) mass is 443 g/mol. The second kappa shape index (κ2) is 8.53. The van der Waals surface area contributed by atoms with E-state index in [0.717, 1.165) is 24.8 Å². The fourth-order valence-corrected chi connectivity index (χ4v) is 6.91. The van der Waals surface area contributed by atoms with Gasteiger partial charge in [0.2, 0.25) is 0 Å². The number of nitrogens with zero attached hydrogens (tertiary/aromatic N) is 1. The Morgan fingerprint density at radius 1 is 1.25 bits per heavy atom. The summed E-state index contributed by atoms with van der Waals surface area (Å²) in [6, 6.07) is -0.850. The Kier molecular flexibility index (Phi) is 6.47. The van der Waals surface area contributed by atoms with Crippen LogP contribution in [-0.2, 0) is 14.4 Å². The highest BCUT2D eigenvalue weighted by molar-refractivity contribution is 6.26. The molecule has 6 nitrogen and oxygen atoms in total.